The molecule has 1 aromatic heterocycles. The predicted molar refractivity (Wildman–Crippen MR) is 69.1 cm³/mol. The molecule has 0 atom stereocenters. The summed E-state index contributed by atoms with van der Waals surface area (Å²) in [7, 11) is 2.10. The number of likely N-dealkylation sites (N-methyl/N-ethyl adjacent to an activating group) is 1. The number of carbonyl (C=O) groups excluding carboxylic acids is 1. The van der Waals surface area contributed by atoms with Gasteiger partial charge in [0.2, 0.25) is 5.91 Å². The highest BCUT2D eigenvalue weighted by Crippen LogP contribution is 2.27. The molecule has 0 saturated heterocycles. The number of hydrogen-bond donors (Lipinski definition) is 1. The third kappa shape index (κ3) is 2.14. The quantitative estimate of drug-likeness (QED) is 0.862. The van der Waals surface area contributed by atoms with Crippen LogP contribution in [0.3, 0.4) is 0 Å². The normalized spacial score (nSPS) is 20.9. The zero-order valence-corrected chi connectivity index (χ0v) is 10.9. The first-order chi connectivity index (χ1) is 8.74. The van der Waals surface area contributed by atoms with E-state index < -0.39 is 0 Å². The van der Waals surface area contributed by atoms with E-state index in [9.17, 15) is 4.79 Å². The fourth-order valence-electron chi connectivity index (χ4n) is 2.90. The molecule has 98 valence electrons. The number of rotatable bonds is 2. The van der Waals surface area contributed by atoms with Gasteiger partial charge in [0, 0.05) is 19.0 Å². The first kappa shape index (κ1) is 11.7. The molecule has 0 radical (unpaired) electrons. The molecule has 0 aromatic carbocycles. The maximum atomic E-state index is 12.1. The minimum absolute atomic E-state index is 0.177. The van der Waals surface area contributed by atoms with Crippen LogP contribution in [0.15, 0.2) is 6.20 Å². The van der Waals surface area contributed by atoms with E-state index in [1.54, 1.807) is 6.20 Å². The molecular formula is C13H20N4O. The fourth-order valence-corrected chi connectivity index (χ4v) is 2.90. The number of fused-ring (bicyclic) bond motifs is 1. The van der Waals surface area contributed by atoms with Crippen LogP contribution in [0.2, 0.25) is 0 Å². The molecule has 18 heavy (non-hydrogen) atoms. The Kier molecular flexibility index (Phi) is 3.07. The molecule has 0 unspecified atom stereocenters. The molecule has 1 aliphatic heterocycles. The van der Waals surface area contributed by atoms with Crippen molar-refractivity contribution in [1.82, 2.24) is 14.7 Å². The van der Waals surface area contributed by atoms with Crippen LogP contribution in [-0.4, -0.2) is 34.2 Å². The van der Waals surface area contributed by atoms with Gasteiger partial charge in [0.1, 0.15) is 0 Å². The summed E-state index contributed by atoms with van der Waals surface area (Å²) in [6, 6.07) is 0. The van der Waals surface area contributed by atoms with Crippen molar-refractivity contribution in [3.63, 3.8) is 0 Å². The number of hydrogen-bond acceptors (Lipinski definition) is 3. The maximum Gasteiger partial charge on any atom is 0.227 e. The van der Waals surface area contributed by atoms with Crippen LogP contribution in [0.1, 0.15) is 31.4 Å². The lowest BCUT2D eigenvalue weighted by atomic mass is 10.1. The van der Waals surface area contributed by atoms with Gasteiger partial charge in [-0.2, -0.15) is 5.10 Å². The Morgan fingerprint density at radius 3 is 2.94 bits per heavy atom. The summed E-state index contributed by atoms with van der Waals surface area (Å²) >= 11 is 0. The summed E-state index contributed by atoms with van der Waals surface area (Å²) in [6.07, 6.45) is 6.24. The molecule has 1 amide bonds. The number of carbonyl (C=O) groups is 1. The molecule has 3 rings (SSSR count). The van der Waals surface area contributed by atoms with Gasteiger partial charge in [-0.1, -0.05) is 12.8 Å². The van der Waals surface area contributed by atoms with Gasteiger partial charge >= 0.3 is 0 Å². The van der Waals surface area contributed by atoms with E-state index in [1.807, 2.05) is 4.68 Å². The lowest BCUT2D eigenvalue weighted by Crippen LogP contribution is -2.31. The summed E-state index contributed by atoms with van der Waals surface area (Å²) in [5, 5.41) is 7.41. The van der Waals surface area contributed by atoms with Gasteiger partial charge < -0.3 is 5.32 Å². The van der Waals surface area contributed by atoms with Gasteiger partial charge in [-0.05, 0) is 19.9 Å². The van der Waals surface area contributed by atoms with Gasteiger partial charge in [-0.25, -0.2) is 0 Å². The van der Waals surface area contributed by atoms with Gasteiger partial charge in [-0.3, -0.25) is 14.4 Å². The first-order valence-corrected chi connectivity index (χ1v) is 6.78. The van der Waals surface area contributed by atoms with Crippen LogP contribution in [0.5, 0.6) is 0 Å². The minimum atomic E-state index is 0.177. The maximum absolute atomic E-state index is 12.1. The van der Waals surface area contributed by atoms with Crippen molar-refractivity contribution >= 4 is 11.6 Å². The highest BCUT2D eigenvalue weighted by atomic mass is 16.1. The number of amides is 1. The van der Waals surface area contributed by atoms with Crippen LogP contribution >= 0.6 is 0 Å². The van der Waals surface area contributed by atoms with Gasteiger partial charge in [0.25, 0.3) is 0 Å². The molecule has 5 heteroatoms. The molecular weight excluding hydrogens is 228 g/mol. The van der Waals surface area contributed by atoms with E-state index >= 15 is 0 Å². The van der Waals surface area contributed by atoms with E-state index in [2.05, 4.69) is 22.4 Å². The second kappa shape index (κ2) is 4.72. The Morgan fingerprint density at radius 1 is 1.39 bits per heavy atom. The molecule has 1 aliphatic carbocycles. The highest BCUT2D eigenvalue weighted by molar-refractivity contribution is 5.93. The third-order valence-corrected chi connectivity index (χ3v) is 4.05. The average molecular weight is 248 g/mol. The Labute approximate surface area is 107 Å². The monoisotopic (exact) mass is 248 g/mol. The zero-order valence-electron chi connectivity index (χ0n) is 10.9. The van der Waals surface area contributed by atoms with E-state index in [0.29, 0.717) is 0 Å². The topological polar surface area (TPSA) is 50.2 Å². The van der Waals surface area contributed by atoms with Crippen molar-refractivity contribution < 1.29 is 4.79 Å². The number of nitrogens with zero attached hydrogens (tertiary/aromatic N) is 3. The summed E-state index contributed by atoms with van der Waals surface area (Å²) in [4.78, 5) is 14.4. The van der Waals surface area contributed by atoms with Crippen LogP contribution in [-0.2, 0) is 17.9 Å². The SMILES string of the molecule is CN1CCn2ncc(NC(=O)C3CCCC3)c2C1. The van der Waals surface area contributed by atoms with Crippen molar-refractivity contribution in [2.45, 2.75) is 38.8 Å². The molecule has 1 fully saturated rings. The first-order valence-electron chi connectivity index (χ1n) is 6.78. The molecule has 1 N–H and O–H groups in total. The predicted octanol–water partition coefficient (Wildman–Crippen LogP) is 1.46. The van der Waals surface area contributed by atoms with Crippen molar-refractivity contribution in [1.29, 1.82) is 0 Å². The van der Waals surface area contributed by atoms with E-state index in [-0.39, 0.29) is 11.8 Å². The molecule has 2 aliphatic rings. The minimum Gasteiger partial charge on any atom is -0.323 e. The highest BCUT2D eigenvalue weighted by Gasteiger charge is 2.25. The van der Waals surface area contributed by atoms with E-state index in [0.717, 1.165) is 43.9 Å². The third-order valence-electron chi connectivity index (χ3n) is 4.05. The van der Waals surface area contributed by atoms with Gasteiger partial charge in [-0.15, -0.1) is 0 Å². The Balaban J connectivity index is 1.73. The van der Waals surface area contributed by atoms with E-state index in [4.69, 9.17) is 0 Å². The molecule has 1 aromatic rings. The van der Waals surface area contributed by atoms with Crippen molar-refractivity contribution in [3.05, 3.63) is 11.9 Å². The summed E-state index contributed by atoms with van der Waals surface area (Å²) in [5.41, 5.74) is 2.04. The summed E-state index contributed by atoms with van der Waals surface area (Å²) < 4.78 is 2.00. The number of aromatic nitrogens is 2. The van der Waals surface area contributed by atoms with Crippen LogP contribution < -0.4 is 5.32 Å². The van der Waals surface area contributed by atoms with Crippen LogP contribution in [0.4, 0.5) is 5.69 Å². The van der Waals surface area contributed by atoms with Gasteiger partial charge in [0.15, 0.2) is 0 Å². The molecule has 5 nitrogen and oxygen atoms in total. The van der Waals surface area contributed by atoms with E-state index in [1.165, 1.54) is 12.8 Å². The van der Waals surface area contributed by atoms with Crippen LogP contribution in [0, 0.1) is 5.92 Å². The molecule has 0 bridgehead atoms. The Hall–Kier alpha value is -1.36. The molecule has 2 heterocycles. The summed E-state index contributed by atoms with van der Waals surface area (Å²) in [5.74, 6) is 0.387. The fraction of sp³-hybridized carbons (Fsp3) is 0.692. The Bertz CT molecular complexity index is 448. The van der Waals surface area contributed by atoms with Crippen LogP contribution in [0.25, 0.3) is 0 Å². The largest absolute Gasteiger partial charge is 0.323 e. The van der Waals surface area contributed by atoms with Crippen molar-refractivity contribution in [3.8, 4) is 0 Å². The lowest BCUT2D eigenvalue weighted by Gasteiger charge is -2.24. The zero-order chi connectivity index (χ0) is 12.5. The average Bonchev–Trinajstić information content (AvgIpc) is 2.99. The lowest BCUT2D eigenvalue weighted by molar-refractivity contribution is -0.119. The standard InChI is InChI=1S/C13H20N4O/c1-16-6-7-17-12(9-16)11(8-14-17)15-13(18)10-4-2-3-5-10/h8,10H,2-7,9H2,1H3,(H,15,18). The molecule has 1 saturated carbocycles. The number of nitrogens with one attached hydrogen (secondary N) is 1. The van der Waals surface area contributed by atoms with Crippen molar-refractivity contribution in [2.24, 2.45) is 5.92 Å². The van der Waals surface area contributed by atoms with Gasteiger partial charge in [0.05, 0.1) is 24.1 Å². The number of anilines is 1. The Morgan fingerprint density at radius 2 is 2.17 bits per heavy atom. The smallest absolute Gasteiger partial charge is 0.227 e. The second-order valence-electron chi connectivity index (χ2n) is 5.44. The molecule has 0 spiro atoms. The summed E-state index contributed by atoms with van der Waals surface area (Å²) in [6.45, 7) is 2.79. The second-order valence-corrected chi connectivity index (χ2v) is 5.44. The van der Waals surface area contributed by atoms with Crippen molar-refractivity contribution in [2.75, 3.05) is 18.9 Å².